The van der Waals surface area contributed by atoms with Gasteiger partial charge in [0.15, 0.2) is 0 Å². The summed E-state index contributed by atoms with van der Waals surface area (Å²) in [5.74, 6) is -0.995. The fraction of sp³-hybridized carbons (Fsp3) is 0.375. The van der Waals surface area contributed by atoms with Gasteiger partial charge in [-0.05, 0) is 6.42 Å². The topological polar surface area (TPSA) is 108 Å². The van der Waals surface area contributed by atoms with E-state index in [-0.39, 0.29) is 6.54 Å². The molecule has 84 valence electrons. The van der Waals surface area contributed by atoms with Crippen molar-refractivity contribution in [2.75, 3.05) is 6.54 Å². The third-order valence-corrected chi connectivity index (χ3v) is 2.17. The van der Waals surface area contributed by atoms with Gasteiger partial charge in [0.25, 0.3) is 0 Å². The lowest BCUT2D eigenvalue weighted by molar-refractivity contribution is -0.140. The van der Waals surface area contributed by atoms with Crippen LogP contribution < -0.4 is 5.32 Å². The highest BCUT2D eigenvalue weighted by Gasteiger charge is 2.36. The standard InChI is InChI=1S/C8H9N5O3/c14-6-7(15)13(8(16)11-6)3-1-2-5-9-4-10-12-5/h4H,1-3H2,(H,9,10,12)(H,11,14,16). The summed E-state index contributed by atoms with van der Waals surface area (Å²) >= 11 is 0. The van der Waals surface area contributed by atoms with Gasteiger partial charge in [-0.25, -0.2) is 9.78 Å². The lowest BCUT2D eigenvalue weighted by Crippen LogP contribution is -2.32. The van der Waals surface area contributed by atoms with Gasteiger partial charge in [-0.3, -0.25) is 24.9 Å². The van der Waals surface area contributed by atoms with Crippen molar-refractivity contribution in [3.8, 4) is 0 Å². The summed E-state index contributed by atoms with van der Waals surface area (Å²) in [4.78, 5) is 37.9. The molecule has 2 rings (SSSR count). The molecule has 1 aromatic rings. The maximum absolute atomic E-state index is 11.2. The van der Waals surface area contributed by atoms with Crippen LogP contribution in [0.2, 0.25) is 0 Å². The first-order valence-corrected chi connectivity index (χ1v) is 4.69. The van der Waals surface area contributed by atoms with E-state index in [0.29, 0.717) is 18.7 Å². The van der Waals surface area contributed by atoms with Gasteiger partial charge in [-0.1, -0.05) is 0 Å². The first kappa shape index (κ1) is 10.3. The van der Waals surface area contributed by atoms with Crippen molar-refractivity contribution in [3.63, 3.8) is 0 Å². The summed E-state index contributed by atoms with van der Waals surface area (Å²) in [5, 5.41) is 8.25. The molecule has 16 heavy (non-hydrogen) atoms. The third-order valence-electron chi connectivity index (χ3n) is 2.17. The summed E-state index contributed by atoms with van der Waals surface area (Å²) in [5.41, 5.74) is 0. The molecule has 0 spiro atoms. The van der Waals surface area contributed by atoms with E-state index >= 15 is 0 Å². The number of carbonyl (C=O) groups is 3. The van der Waals surface area contributed by atoms with Crippen LogP contribution in [0.5, 0.6) is 0 Å². The van der Waals surface area contributed by atoms with E-state index < -0.39 is 17.8 Å². The number of urea groups is 1. The predicted molar refractivity (Wildman–Crippen MR) is 50.0 cm³/mol. The van der Waals surface area contributed by atoms with Gasteiger partial charge in [0.1, 0.15) is 12.2 Å². The Balaban J connectivity index is 1.84. The smallest absolute Gasteiger partial charge is 0.269 e. The third kappa shape index (κ3) is 1.90. The summed E-state index contributed by atoms with van der Waals surface area (Å²) in [7, 11) is 0. The van der Waals surface area contributed by atoms with Crippen molar-refractivity contribution in [3.05, 3.63) is 12.2 Å². The predicted octanol–water partition coefficient (Wildman–Crippen LogP) is -1.18. The van der Waals surface area contributed by atoms with E-state index in [2.05, 4.69) is 15.2 Å². The van der Waals surface area contributed by atoms with Crippen LogP contribution >= 0.6 is 0 Å². The lowest BCUT2D eigenvalue weighted by Gasteiger charge is -2.09. The molecule has 1 aliphatic rings. The van der Waals surface area contributed by atoms with Crippen molar-refractivity contribution >= 4 is 17.8 Å². The number of nitrogens with zero attached hydrogens (tertiary/aromatic N) is 3. The van der Waals surface area contributed by atoms with E-state index in [1.807, 2.05) is 5.32 Å². The molecule has 0 aromatic carbocycles. The number of H-pyrrole nitrogens is 1. The molecule has 0 saturated carbocycles. The van der Waals surface area contributed by atoms with Gasteiger partial charge < -0.3 is 0 Å². The van der Waals surface area contributed by atoms with Crippen molar-refractivity contribution < 1.29 is 14.4 Å². The highest BCUT2D eigenvalue weighted by molar-refractivity contribution is 6.44. The lowest BCUT2D eigenvalue weighted by atomic mass is 10.3. The Morgan fingerprint density at radius 1 is 1.31 bits per heavy atom. The van der Waals surface area contributed by atoms with E-state index in [0.717, 1.165) is 4.90 Å². The number of aryl methyl sites for hydroxylation is 1. The number of carbonyl (C=O) groups excluding carboxylic acids is 3. The zero-order chi connectivity index (χ0) is 11.5. The highest BCUT2D eigenvalue weighted by Crippen LogP contribution is 2.03. The number of amides is 4. The summed E-state index contributed by atoms with van der Waals surface area (Å²) in [6.07, 6.45) is 2.47. The molecule has 1 fully saturated rings. The van der Waals surface area contributed by atoms with Crippen LogP contribution in [-0.4, -0.2) is 44.5 Å². The maximum Gasteiger partial charge on any atom is 0.331 e. The molecule has 0 bridgehead atoms. The molecule has 0 aliphatic carbocycles. The fourth-order valence-corrected chi connectivity index (χ4v) is 1.39. The summed E-state index contributed by atoms with van der Waals surface area (Å²) in [6, 6.07) is -0.660. The number of aromatic nitrogens is 3. The monoisotopic (exact) mass is 223 g/mol. The van der Waals surface area contributed by atoms with E-state index in [1.54, 1.807) is 0 Å². The van der Waals surface area contributed by atoms with Gasteiger partial charge in [0.05, 0.1) is 0 Å². The van der Waals surface area contributed by atoms with Crippen LogP contribution in [0, 0.1) is 0 Å². The molecule has 1 aromatic heterocycles. The molecule has 4 amide bonds. The molecule has 8 nitrogen and oxygen atoms in total. The van der Waals surface area contributed by atoms with Crippen LogP contribution in [0.15, 0.2) is 6.33 Å². The Morgan fingerprint density at radius 2 is 2.12 bits per heavy atom. The SMILES string of the molecule is O=C1NC(=O)N(CCCc2ncn[nH]2)C1=O. The number of rotatable bonds is 4. The molecule has 0 atom stereocenters. The normalized spacial score (nSPS) is 15.8. The fourth-order valence-electron chi connectivity index (χ4n) is 1.39. The minimum absolute atomic E-state index is 0.192. The molecule has 8 heteroatoms. The van der Waals surface area contributed by atoms with E-state index in [1.165, 1.54) is 6.33 Å². The van der Waals surface area contributed by atoms with Crippen LogP contribution in [0.1, 0.15) is 12.2 Å². The molecule has 0 unspecified atom stereocenters. The molecule has 2 N–H and O–H groups in total. The van der Waals surface area contributed by atoms with Crippen LogP contribution in [0.3, 0.4) is 0 Å². The second-order valence-electron chi connectivity index (χ2n) is 3.25. The Bertz CT molecular complexity index is 427. The van der Waals surface area contributed by atoms with Gasteiger partial charge in [0.2, 0.25) is 0 Å². The second kappa shape index (κ2) is 4.09. The second-order valence-corrected chi connectivity index (χ2v) is 3.25. The number of hydrogen-bond donors (Lipinski definition) is 2. The van der Waals surface area contributed by atoms with Crippen molar-refractivity contribution in [2.45, 2.75) is 12.8 Å². The average Bonchev–Trinajstić information content (AvgIpc) is 2.82. The van der Waals surface area contributed by atoms with Gasteiger partial charge in [-0.15, -0.1) is 0 Å². The Hall–Kier alpha value is -2.25. The van der Waals surface area contributed by atoms with Crippen molar-refractivity contribution in [1.82, 2.24) is 25.4 Å². The average molecular weight is 223 g/mol. The first-order chi connectivity index (χ1) is 7.68. The van der Waals surface area contributed by atoms with E-state index in [9.17, 15) is 14.4 Å². The van der Waals surface area contributed by atoms with E-state index in [4.69, 9.17) is 0 Å². The minimum Gasteiger partial charge on any atom is -0.269 e. The number of nitrogens with one attached hydrogen (secondary N) is 2. The molecule has 2 heterocycles. The van der Waals surface area contributed by atoms with Gasteiger partial charge in [0, 0.05) is 13.0 Å². The van der Waals surface area contributed by atoms with Crippen LogP contribution in [0.25, 0.3) is 0 Å². The largest absolute Gasteiger partial charge is 0.331 e. The molecule has 1 saturated heterocycles. The number of imide groups is 2. The van der Waals surface area contributed by atoms with Crippen LogP contribution in [-0.2, 0) is 16.0 Å². The number of hydrogen-bond acceptors (Lipinski definition) is 5. The Morgan fingerprint density at radius 3 is 2.69 bits per heavy atom. The Kier molecular flexibility index (Phi) is 2.63. The zero-order valence-corrected chi connectivity index (χ0v) is 8.27. The van der Waals surface area contributed by atoms with Crippen molar-refractivity contribution in [2.24, 2.45) is 0 Å². The minimum atomic E-state index is -0.871. The van der Waals surface area contributed by atoms with Crippen LogP contribution in [0.4, 0.5) is 4.79 Å². The van der Waals surface area contributed by atoms with Crippen molar-refractivity contribution in [1.29, 1.82) is 0 Å². The molecule has 1 aliphatic heterocycles. The first-order valence-electron chi connectivity index (χ1n) is 4.69. The highest BCUT2D eigenvalue weighted by atomic mass is 16.2. The quantitative estimate of drug-likeness (QED) is 0.493. The Labute approximate surface area is 90.0 Å². The zero-order valence-electron chi connectivity index (χ0n) is 8.27. The summed E-state index contributed by atoms with van der Waals surface area (Å²) < 4.78 is 0. The maximum atomic E-state index is 11.2. The molecular formula is C8H9N5O3. The molecular weight excluding hydrogens is 214 g/mol. The van der Waals surface area contributed by atoms with Gasteiger partial charge in [-0.2, -0.15) is 5.10 Å². The van der Waals surface area contributed by atoms with Gasteiger partial charge >= 0.3 is 17.8 Å². The molecule has 0 radical (unpaired) electrons. The number of aromatic amines is 1. The summed E-state index contributed by atoms with van der Waals surface area (Å²) in [6.45, 7) is 0.192.